The highest BCUT2D eigenvalue weighted by Crippen LogP contribution is 2.42. The number of ether oxygens (including phenoxy) is 2. The van der Waals surface area contributed by atoms with Crippen LogP contribution in [0.5, 0.6) is 0 Å². The highest BCUT2D eigenvalue weighted by molar-refractivity contribution is 5.02. The molecule has 2 atom stereocenters. The van der Waals surface area contributed by atoms with Crippen molar-refractivity contribution < 1.29 is 9.47 Å². The van der Waals surface area contributed by atoms with Crippen LogP contribution in [-0.4, -0.2) is 38.5 Å². The highest BCUT2D eigenvalue weighted by atomic mass is 16.5. The molecule has 2 fully saturated rings. The average Bonchev–Trinajstić information content (AvgIpc) is 2.33. The Bertz CT molecular complexity index is 217. The van der Waals surface area contributed by atoms with Crippen molar-refractivity contribution >= 4 is 0 Å². The lowest BCUT2D eigenvalue weighted by Crippen LogP contribution is -2.60. The van der Waals surface area contributed by atoms with Crippen LogP contribution < -0.4 is 5.32 Å². The van der Waals surface area contributed by atoms with Gasteiger partial charge in [-0.1, -0.05) is 6.92 Å². The predicted molar refractivity (Wildman–Crippen MR) is 69.2 cm³/mol. The lowest BCUT2D eigenvalue weighted by Gasteiger charge is -2.50. The van der Waals surface area contributed by atoms with Gasteiger partial charge in [-0.2, -0.15) is 0 Å². The molecule has 1 aliphatic heterocycles. The maximum atomic E-state index is 5.87. The van der Waals surface area contributed by atoms with Crippen LogP contribution in [0.15, 0.2) is 0 Å². The van der Waals surface area contributed by atoms with E-state index in [1.54, 1.807) is 0 Å². The van der Waals surface area contributed by atoms with Crippen molar-refractivity contribution in [2.45, 2.75) is 57.1 Å². The highest BCUT2D eigenvalue weighted by Gasteiger charge is 2.47. The maximum Gasteiger partial charge on any atom is 0.0834 e. The number of hydrogen-bond donors (Lipinski definition) is 1. The van der Waals surface area contributed by atoms with Crippen LogP contribution in [0.2, 0.25) is 0 Å². The van der Waals surface area contributed by atoms with Crippen molar-refractivity contribution in [1.29, 1.82) is 0 Å². The standard InChI is InChI=1S/C14H27NO2/c1-3-9-15-13(12-6-4-10-17-11-12)14(16-2)7-5-8-14/h12-13,15H,3-11H2,1-2H3. The molecule has 1 heterocycles. The summed E-state index contributed by atoms with van der Waals surface area (Å²) in [6, 6.07) is 0.487. The zero-order valence-corrected chi connectivity index (χ0v) is 11.3. The van der Waals surface area contributed by atoms with Crippen molar-refractivity contribution in [1.82, 2.24) is 5.32 Å². The van der Waals surface area contributed by atoms with Gasteiger partial charge in [-0.25, -0.2) is 0 Å². The molecule has 100 valence electrons. The lowest BCUT2D eigenvalue weighted by atomic mass is 9.69. The molecule has 0 aromatic heterocycles. The fourth-order valence-electron chi connectivity index (χ4n) is 3.28. The molecule has 0 aromatic carbocycles. The minimum atomic E-state index is 0.0978. The van der Waals surface area contributed by atoms with E-state index in [9.17, 15) is 0 Å². The van der Waals surface area contributed by atoms with Crippen LogP contribution in [0.3, 0.4) is 0 Å². The molecule has 0 bridgehead atoms. The first-order valence-electron chi connectivity index (χ1n) is 7.18. The Balaban J connectivity index is 2.00. The third kappa shape index (κ3) is 2.83. The van der Waals surface area contributed by atoms with Crippen LogP contribution in [0.25, 0.3) is 0 Å². The summed E-state index contributed by atoms with van der Waals surface area (Å²) in [5, 5.41) is 3.73. The summed E-state index contributed by atoms with van der Waals surface area (Å²) in [4.78, 5) is 0. The average molecular weight is 241 g/mol. The molecule has 2 aliphatic rings. The smallest absolute Gasteiger partial charge is 0.0834 e. The van der Waals surface area contributed by atoms with Crippen molar-refractivity contribution in [3.63, 3.8) is 0 Å². The second-order valence-corrected chi connectivity index (χ2v) is 5.53. The van der Waals surface area contributed by atoms with Gasteiger partial charge in [0, 0.05) is 25.7 Å². The van der Waals surface area contributed by atoms with Crippen molar-refractivity contribution in [2.24, 2.45) is 5.92 Å². The van der Waals surface area contributed by atoms with E-state index in [4.69, 9.17) is 9.47 Å². The van der Waals surface area contributed by atoms with Gasteiger partial charge in [-0.05, 0) is 45.1 Å². The zero-order chi connectivity index (χ0) is 12.1. The molecule has 2 unspecified atom stereocenters. The molecule has 0 radical (unpaired) electrons. The Kier molecular flexibility index (Phi) is 4.83. The Labute approximate surface area is 105 Å². The van der Waals surface area contributed by atoms with Gasteiger partial charge in [0.2, 0.25) is 0 Å². The first-order valence-corrected chi connectivity index (χ1v) is 7.18. The van der Waals surface area contributed by atoms with E-state index in [2.05, 4.69) is 12.2 Å². The van der Waals surface area contributed by atoms with E-state index in [0.717, 1.165) is 19.8 Å². The normalized spacial score (nSPS) is 29.6. The summed E-state index contributed by atoms with van der Waals surface area (Å²) in [5.41, 5.74) is 0.0978. The molecule has 0 spiro atoms. The van der Waals surface area contributed by atoms with Crippen LogP contribution in [0.1, 0.15) is 45.4 Å². The molecular formula is C14H27NO2. The fourth-order valence-corrected chi connectivity index (χ4v) is 3.28. The van der Waals surface area contributed by atoms with Crippen LogP contribution in [0, 0.1) is 5.92 Å². The number of hydrogen-bond acceptors (Lipinski definition) is 3. The topological polar surface area (TPSA) is 30.5 Å². The summed E-state index contributed by atoms with van der Waals surface area (Å²) in [6.07, 6.45) is 7.40. The molecule has 0 aromatic rings. The minimum absolute atomic E-state index is 0.0978. The van der Waals surface area contributed by atoms with Crippen LogP contribution in [-0.2, 0) is 9.47 Å². The molecule has 17 heavy (non-hydrogen) atoms. The number of rotatable bonds is 6. The zero-order valence-electron chi connectivity index (χ0n) is 11.3. The van der Waals surface area contributed by atoms with E-state index in [1.165, 1.54) is 38.5 Å². The molecule has 0 amide bonds. The molecule has 3 nitrogen and oxygen atoms in total. The quantitative estimate of drug-likeness (QED) is 0.774. The van der Waals surface area contributed by atoms with E-state index < -0.39 is 0 Å². The summed E-state index contributed by atoms with van der Waals surface area (Å²) in [6.45, 7) is 5.16. The molecule has 1 N–H and O–H groups in total. The second-order valence-electron chi connectivity index (χ2n) is 5.53. The van der Waals surface area contributed by atoms with E-state index in [1.807, 2.05) is 7.11 Å². The first kappa shape index (κ1) is 13.3. The SMILES string of the molecule is CCCNC(C1CCCOC1)C1(OC)CCC1. The molecule has 1 aliphatic carbocycles. The van der Waals surface area contributed by atoms with E-state index >= 15 is 0 Å². The Morgan fingerprint density at radius 1 is 1.41 bits per heavy atom. The van der Waals surface area contributed by atoms with Gasteiger partial charge in [0.1, 0.15) is 0 Å². The Morgan fingerprint density at radius 2 is 2.24 bits per heavy atom. The van der Waals surface area contributed by atoms with E-state index in [-0.39, 0.29) is 5.60 Å². The number of nitrogens with one attached hydrogen (secondary N) is 1. The summed E-state index contributed by atoms with van der Waals surface area (Å²) in [7, 11) is 1.88. The third-order valence-corrected chi connectivity index (χ3v) is 4.45. The van der Waals surface area contributed by atoms with Crippen LogP contribution in [0.4, 0.5) is 0 Å². The van der Waals surface area contributed by atoms with Crippen molar-refractivity contribution in [3.8, 4) is 0 Å². The van der Waals surface area contributed by atoms with E-state index in [0.29, 0.717) is 12.0 Å². The molecule has 1 saturated carbocycles. The van der Waals surface area contributed by atoms with Gasteiger partial charge in [-0.15, -0.1) is 0 Å². The monoisotopic (exact) mass is 241 g/mol. The summed E-state index contributed by atoms with van der Waals surface area (Å²) in [5.74, 6) is 0.635. The maximum absolute atomic E-state index is 5.87. The van der Waals surface area contributed by atoms with Gasteiger partial charge in [-0.3, -0.25) is 0 Å². The molecule has 1 saturated heterocycles. The van der Waals surface area contributed by atoms with Gasteiger partial charge < -0.3 is 14.8 Å². The fraction of sp³-hybridized carbons (Fsp3) is 1.00. The van der Waals surface area contributed by atoms with Gasteiger partial charge in [0.15, 0.2) is 0 Å². The lowest BCUT2D eigenvalue weighted by molar-refractivity contribution is -0.124. The Morgan fingerprint density at radius 3 is 2.71 bits per heavy atom. The van der Waals surface area contributed by atoms with Gasteiger partial charge >= 0.3 is 0 Å². The van der Waals surface area contributed by atoms with Crippen molar-refractivity contribution in [2.75, 3.05) is 26.9 Å². The summed E-state index contributed by atoms with van der Waals surface area (Å²) >= 11 is 0. The molecule has 2 rings (SSSR count). The first-order chi connectivity index (χ1) is 8.32. The van der Waals surface area contributed by atoms with Gasteiger partial charge in [0.05, 0.1) is 12.2 Å². The van der Waals surface area contributed by atoms with Gasteiger partial charge in [0.25, 0.3) is 0 Å². The second kappa shape index (κ2) is 6.17. The van der Waals surface area contributed by atoms with Crippen molar-refractivity contribution in [3.05, 3.63) is 0 Å². The predicted octanol–water partition coefficient (Wildman–Crippen LogP) is 2.35. The third-order valence-electron chi connectivity index (χ3n) is 4.45. The summed E-state index contributed by atoms with van der Waals surface area (Å²) < 4.78 is 11.5. The molecular weight excluding hydrogens is 214 g/mol. The molecule has 3 heteroatoms. The largest absolute Gasteiger partial charge is 0.381 e. The number of methoxy groups -OCH3 is 1. The minimum Gasteiger partial charge on any atom is -0.381 e. The van der Waals surface area contributed by atoms with Crippen LogP contribution >= 0.6 is 0 Å². The Hall–Kier alpha value is -0.120.